The zero-order valence-electron chi connectivity index (χ0n) is 20.6. The van der Waals surface area contributed by atoms with Gasteiger partial charge in [0, 0.05) is 6.54 Å². The van der Waals surface area contributed by atoms with E-state index < -0.39 is 29.2 Å². The molecule has 1 saturated heterocycles. The maximum atomic E-state index is 13.2. The molecule has 0 aromatic heterocycles. The minimum Gasteiger partial charge on any atom is -0.469 e. The van der Waals surface area contributed by atoms with Gasteiger partial charge in [-0.05, 0) is 63.4 Å². The lowest BCUT2D eigenvalue weighted by atomic mass is 9.70. The average Bonchev–Trinajstić information content (AvgIpc) is 2.80. The number of esters is 1. The summed E-state index contributed by atoms with van der Waals surface area (Å²) < 4.78 is 11.6. The molecule has 1 heterocycles. The van der Waals surface area contributed by atoms with E-state index in [9.17, 15) is 14.4 Å². The van der Waals surface area contributed by atoms with Crippen LogP contribution < -0.4 is 10.1 Å². The number of carbonyl (C=O) groups is 3. The minimum atomic E-state index is -0.761. The van der Waals surface area contributed by atoms with Crippen molar-refractivity contribution in [3.63, 3.8) is 0 Å². The number of urea groups is 1. The third-order valence-corrected chi connectivity index (χ3v) is 5.92. The van der Waals surface area contributed by atoms with Gasteiger partial charge < -0.3 is 14.8 Å². The molecule has 34 heavy (non-hydrogen) atoms. The van der Waals surface area contributed by atoms with Crippen LogP contribution in [-0.2, 0) is 16.1 Å². The summed E-state index contributed by atoms with van der Waals surface area (Å²) in [6.45, 7) is 9.69. The third-order valence-electron chi connectivity index (χ3n) is 5.92. The molecule has 0 aliphatic carbocycles. The summed E-state index contributed by atoms with van der Waals surface area (Å²) in [5.74, 6) is -0.175. The monoisotopic (exact) mass is 466 g/mol. The van der Waals surface area contributed by atoms with Gasteiger partial charge in [-0.1, -0.05) is 50.6 Å². The zero-order chi connectivity index (χ0) is 24.9. The summed E-state index contributed by atoms with van der Waals surface area (Å²) >= 11 is 0. The number of imide groups is 1. The smallest absolute Gasteiger partial charge is 0.338 e. The van der Waals surface area contributed by atoms with Crippen molar-refractivity contribution in [3.8, 4) is 5.75 Å². The Bertz CT molecular complexity index is 1010. The molecule has 1 aliphatic rings. The first kappa shape index (κ1) is 25.3. The molecule has 7 nitrogen and oxygen atoms in total. The summed E-state index contributed by atoms with van der Waals surface area (Å²) in [5.41, 5.74) is -0.00974. The summed E-state index contributed by atoms with van der Waals surface area (Å²) in [5, 5.41) is 2.82. The van der Waals surface area contributed by atoms with E-state index in [2.05, 4.69) is 5.32 Å². The first-order valence-corrected chi connectivity index (χ1v) is 11.8. The zero-order valence-corrected chi connectivity index (χ0v) is 20.6. The van der Waals surface area contributed by atoms with Gasteiger partial charge in [-0.3, -0.25) is 4.79 Å². The predicted octanol–water partition coefficient (Wildman–Crippen LogP) is 5.30. The summed E-state index contributed by atoms with van der Waals surface area (Å²) in [4.78, 5) is 39.6. The molecule has 1 aliphatic heterocycles. The first-order chi connectivity index (χ1) is 16.1. The number of likely N-dealkylation sites (tertiary alicyclic amines) is 1. The van der Waals surface area contributed by atoms with Crippen LogP contribution in [0.2, 0.25) is 0 Å². The largest absolute Gasteiger partial charge is 0.469 e. The second-order valence-corrected chi connectivity index (χ2v) is 9.58. The van der Waals surface area contributed by atoms with Gasteiger partial charge in [0.05, 0.1) is 5.56 Å². The Morgan fingerprint density at radius 3 is 2.24 bits per heavy atom. The van der Waals surface area contributed by atoms with Gasteiger partial charge in [0.1, 0.15) is 16.8 Å². The highest BCUT2D eigenvalue weighted by atomic mass is 16.6. The molecule has 0 saturated carbocycles. The van der Waals surface area contributed by atoms with Crippen molar-refractivity contribution in [1.82, 2.24) is 10.2 Å². The molecule has 2 aromatic carbocycles. The van der Waals surface area contributed by atoms with Gasteiger partial charge in [0.2, 0.25) is 5.91 Å². The number of nitrogens with zero attached hydrogens (tertiary/aromatic N) is 1. The van der Waals surface area contributed by atoms with Crippen molar-refractivity contribution < 1.29 is 23.9 Å². The molecule has 0 radical (unpaired) electrons. The normalized spacial score (nSPS) is 19.9. The van der Waals surface area contributed by atoms with Crippen LogP contribution in [0.1, 0.15) is 69.8 Å². The van der Waals surface area contributed by atoms with E-state index in [1.807, 2.05) is 65.0 Å². The van der Waals surface area contributed by atoms with Gasteiger partial charge in [-0.15, -0.1) is 0 Å². The number of ether oxygens (including phenoxy) is 2. The molecule has 2 aromatic rings. The molecule has 0 bridgehead atoms. The Balaban J connectivity index is 1.76. The molecule has 3 rings (SSSR count). The number of nitrogens with one attached hydrogen (secondary N) is 1. The Kier molecular flexibility index (Phi) is 7.64. The number of amides is 3. The molecule has 7 heteroatoms. The van der Waals surface area contributed by atoms with Crippen LogP contribution in [0.5, 0.6) is 5.75 Å². The lowest BCUT2D eigenvalue weighted by Gasteiger charge is -2.53. The predicted molar refractivity (Wildman–Crippen MR) is 129 cm³/mol. The second-order valence-electron chi connectivity index (χ2n) is 9.58. The van der Waals surface area contributed by atoms with Gasteiger partial charge in [-0.2, -0.15) is 0 Å². The van der Waals surface area contributed by atoms with E-state index in [0.717, 1.165) is 12.0 Å². The number of benzene rings is 2. The molecule has 0 unspecified atom stereocenters. The first-order valence-electron chi connectivity index (χ1n) is 11.8. The van der Waals surface area contributed by atoms with E-state index in [-0.39, 0.29) is 5.91 Å². The topological polar surface area (TPSA) is 84.9 Å². The van der Waals surface area contributed by atoms with Crippen LogP contribution >= 0.6 is 0 Å². The Hall–Kier alpha value is -3.35. The average molecular weight is 467 g/mol. The van der Waals surface area contributed by atoms with Crippen molar-refractivity contribution in [1.29, 1.82) is 0 Å². The van der Waals surface area contributed by atoms with E-state index in [1.54, 1.807) is 24.3 Å². The maximum absolute atomic E-state index is 13.2. The van der Waals surface area contributed by atoms with Crippen LogP contribution in [0.3, 0.4) is 0 Å². The van der Waals surface area contributed by atoms with Crippen LogP contribution in [0.4, 0.5) is 4.79 Å². The molecule has 1 fully saturated rings. The van der Waals surface area contributed by atoms with Gasteiger partial charge in [0.15, 0.2) is 6.23 Å². The van der Waals surface area contributed by atoms with Crippen LogP contribution in [-0.4, -0.2) is 34.6 Å². The quantitative estimate of drug-likeness (QED) is 0.422. The van der Waals surface area contributed by atoms with Gasteiger partial charge >= 0.3 is 12.0 Å². The standard InChI is InChI=1S/C27H34N2O5/c1-6-17-27(7-2)23(31)29(25(32)28-18-19-11-9-8-10-12-19)24(27)33-21-15-13-20(14-16-21)22(30)34-26(3,4)5/h8-16,24H,6-7,17-18H2,1-5H3,(H,28,32)/t24-,27-/m0/s1. The van der Waals surface area contributed by atoms with Crippen molar-refractivity contribution in [2.75, 3.05) is 0 Å². The summed E-state index contributed by atoms with van der Waals surface area (Å²) in [6.07, 6.45) is 1.23. The Morgan fingerprint density at radius 1 is 1.03 bits per heavy atom. The fraction of sp³-hybridized carbons (Fsp3) is 0.444. The number of hydrogen-bond acceptors (Lipinski definition) is 5. The van der Waals surface area contributed by atoms with Crippen LogP contribution in [0.15, 0.2) is 54.6 Å². The number of carbonyl (C=O) groups excluding carboxylic acids is 3. The number of hydrogen-bond donors (Lipinski definition) is 1. The van der Waals surface area contributed by atoms with Crippen molar-refractivity contribution >= 4 is 17.9 Å². The van der Waals surface area contributed by atoms with Crippen LogP contribution in [0.25, 0.3) is 0 Å². The van der Waals surface area contributed by atoms with Crippen molar-refractivity contribution in [2.45, 2.75) is 72.3 Å². The van der Waals surface area contributed by atoms with Crippen LogP contribution in [0, 0.1) is 5.41 Å². The molecule has 182 valence electrons. The van der Waals surface area contributed by atoms with E-state index in [4.69, 9.17) is 9.47 Å². The van der Waals surface area contributed by atoms with E-state index >= 15 is 0 Å². The molecular formula is C27H34N2O5. The Labute approximate surface area is 201 Å². The summed E-state index contributed by atoms with van der Waals surface area (Å²) in [6, 6.07) is 15.6. The molecular weight excluding hydrogens is 432 g/mol. The second kappa shape index (κ2) is 10.3. The fourth-order valence-corrected chi connectivity index (χ4v) is 4.17. The number of rotatable bonds is 8. The Morgan fingerprint density at radius 2 is 1.68 bits per heavy atom. The highest BCUT2D eigenvalue weighted by Crippen LogP contribution is 2.47. The fourth-order valence-electron chi connectivity index (χ4n) is 4.17. The van der Waals surface area contributed by atoms with E-state index in [0.29, 0.717) is 30.7 Å². The maximum Gasteiger partial charge on any atom is 0.338 e. The van der Waals surface area contributed by atoms with E-state index in [1.165, 1.54) is 4.90 Å². The number of β-lactam (4-membered cyclic amide) rings is 1. The van der Waals surface area contributed by atoms with Crippen molar-refractivity contribution in [3.05, 3.63) is 65.7 Å². The minimum absolute atomic E-state index is 0.224. The molecule has 0 spiro atoms. The molecule has 3 amide bonds. The summed E-state index contributed by atoms with van der Waals surface area (Å²) in [7, 11) is 0. The van der Waals surface area contributed by atoms with Crippen molar-refractivity contribution in [2.24, 2.45) is 5.41 Å². The lowest BCUT2D eigenvalue weighted by Crippen LogP contribution is -2.73. The lowest BCUT2D eigenvalue weighted by molar-refractivity contribution is -0.191. The van der Waals surface area contributed by atoms with Gasteiger partial charge in [0.25, 0.3) is 0 Å². The van der Waals surface area contributed by atoms with Gasteiger partial charge in [-0.25, -0.2) is 14.5 Å². The molecule has 2 atom stereocenters. The highest BCUT2D eigenvalue weighted by Gasteiger charge is 2.63. The highest BCUT2D eigenvalue weighted by molar-refractivity contribution is 6.03. The molecule has 1 N–H and O–H groups in total. The third kappa shape index (κ3) is 5.41. The SMILES string of the molecule is CCC[C@@]1(CC)C(=O)N(C(=O)NCc2ccccc2)[C@H]1Oc1ccc(C(=O)OC(C)(C)C)cc1.